The van der Waals surface area contributed by atoms with Crippen molar-refractivity contribution in [3.63, 3.8) is 0 Å². The molecule has 0 fully saturated rings. The highest BCUT2D eigenvalue weighted by molar-refractivity contribution is 5.97. The number of carbonyl (C=O) groups is 2. The first-order valence-corrected chi connectivity index (χ1v) is 4.27. The number of aromatic carboxylic acids is 1. The van der Waals surface area contributed by atoms with Gasteiger partial charge in [0.2, 0.25) is 12.0 Å². The first-order chi connectivity index (χ1) is 7.54. The van der Waals surface area contributed by atoms with E-state index in [0.29, 0.717) is 5.69 Å². The van der Waals surface area contributed by atoms with Crippen molar-refractivity contribution < 1.29 is 19.5 Å². The monoisotopic (exact) mass is 220 g/mol. The molecule has 16 heavy (non-hydrogen) atoms. The number of rotatable bonds is 3. The van der Waals surface area contributed by atoms with Crippen LogP contribution in [0.2, 0.25) is 0 Å². The molecule has 1 aromatic carbocycles. The second kappa shape index (κ2) is 4.86. The van der Waals surface area contributed by atoms with Gasteiger partial charge in [0.15, 0.2) is 0 Å². The van der Waals surface area contributed by atoms with Gasteiger partial charge in [-0.05, 0) is 18.2 Å². The number of carbonyl (C=O) groups excluding carboxylic acids is 2. The van der Waals surface area contributed by atoms with Crippen LogP contribution in [0.4, 0.5) is 11.4 Å². The third-order valence-corrected chi connectivity index (χ3v) is 1.71. The van der Waals surface area contributed by atoms with E-state index in [-0.39, 0.29) is 17.2 Å². The molecule has 0 aliphatic carbocycles. The van der Waals surface area contributed by atoms with Crippen LogP contribution >= 0.6 is 0 Å². The Bertz CT molecular complexity index is 490. The summed E-state index contributed by atoms with van der Waals surface area (Å²) in [5, 5.41) is 11.3. The van der Waals surface area contributed by atoms with Crippen molar-refractivity contribution in [1.82, 2.24) is 0 Å². The van der Waals surface area contributed by atoms with Crippen molar-refractivity contribution in [2.24, 2.45) is 4.99 Å². The Labute approximate surface area is 90.6 Å². The predicted octanol–water partition coefficient (Wildman–Crippen LogP) is 1.31. The van der Waals surface area contributed by atoms with Gasteiger partial charge in [-0.1, -0.05) is 0 Å². The maximum Gasteiger partial charge on any atom is 0.338 e. The summed E-state index contributed by atoms with van der Waals surface area (Å²) in [7, 11) is 0. The lowest BCUT2D eigenvalue weighted by atomic mass is 10.1. The van der Waals surface area contributed by atoms with E-state index >= 15 is 0 Å². The lowest BCUT2D eigenvalue weighted by molar-refractivity contribution is -0.114. The van der Waals surface area contributed by atoms with E-state index in [4.69, 9.17) is 5.11 Å². The number of nitrogens with zero attached hydrogens (tertiary/aromatic N) is 1. The van der Waals surface area contributed by atoms with Crippen molar-refractivity contribution in [2.45, 2.75) is 6.92 Å². The summed E-state index contributed by atoms with van der Waals surface area (Å²) in [6, 6.07) is 3.99. The van der Waals surface area contributed by atoms with Crippen LogP contribution in [0.5, 0.6) is 0 Å². The summed E-state index contributed by atoms with van der Waals surface area (Å²) in [5.41, 5.74) is 0.154. The van der Waals surface area contributed by atoms with Gasteiger partial charge in [-0.15, -0.1) is 0 Å². The molecule has 1 rings (SSSR count). The molecule has 6 heteroatoms. The molecule has 0 saturated heterocycles. The van der Waals surface area contributed by atoms with Gasteiger partial charge in [-0.2, -0.15) is 4.99 Å². The van der Waals surface area contributed by atoms with Crippen molar-refractivity contribution in [3.8, 4) is 0 Å². The highest BCUT2D eigenvalue weighted by Crippen LogP contribution is 2.22. The molecule has 0 radical (unpaired) electrons. The fourth-order valence-electron chi connectivity index (χ4n) is 1.14. The number of isocyanates is 1. The minimum Gasteiger partial charge on any atom is -0.478 e. The summed E-state index contributed by atoms with van der Waals surface area (Å²) < 4.78 is 0. The Balaban J connectivity index is 3.22. The Morgan fingerprint density at radius 1 is 1.44 bits per heavy atom. The molecule has 82 valence electrons. The van der Waals surface area contributed by atoms with Crippen LogP contribution in [-0.2, 0) is 9.59 Å². The maximum atomic E-state index is 10.8. The number of carboxylic acids is 1. The Kier molecular flexibility index (Phi) is 3.53. The van der Waals surface area contributed by atoms with Crippen molar-refractivity contribution in [3.05, 3.63) is 23.8 Å². The standard InChI is InChI=1S/C10H8N2O4/c1-6(14)12-7-2-3-9(11-5-13)8(4-7)10(15)16/h2-4H,1H3,(H,12,14)(H,15,16). The Morgan fingerprint density at radius 2 is 2.12 bits per heavy atom. The van der Waals surface area contributed by atoms with E-state index in [1.807, 2.05) is 0 Å². The van der Waals surface area contributed by atoms with Gasteiger partial charge in [0.05, 0.1) is 11.3 Å². The molecule has 0 aliphatic rings. The van der Waals surface area contributed by atoms with Gasteiger partial charge in [0, 0.05) is 12.6 Å². The first-order valence-electron chi connectivity index (χ1n) is 4.27. The number of anilines is 1. The zero-order valence-electron chi connectivity index (χ0n) is 8.35. The van der Waals surface area contributed by atoms with Crippen LogP contribution < -0.4 is 5.32 Å². The Morgan fingerprint density at radius 3 is 2.62 bits per heavy atom. The first kappa shape index (κ1) is 11.6. The van der Waals surface area contributed by atoms with Gasteiger partial charge in [-0.25, -0.2) is 9.59 Å². The number of hydrogen-bond acceptors (Lipinski definition) is 4. The van der Waals surface area contributed by atoms with Crippen LogP contribution in [0.15, 0.2) is 23.2 Å². The molecule has 1 aromatic rings. The molecule has 0 aromatic heterocycles. The van der Waals surface area contributed by atoms with Crippen molar-refractivity contribution >= 4 is 29.3 Å². The van der Waals surface area contributed by atoms with Crippen LogP contribution in [-0.4, -0.2) is 23.1 Å². The zero-order valence-corrected chi connectivity index (χ0v) is 8.35. The maximum absolute atomic E-state index is 10.8. The molecule has 2 N–H and O–H groups in total. The number of nitrogens with one attached hydrogen (secondary N) is 1. The van der Waals surface area contributed by atoms with Gasteiger partial charge in [-0.3, -0.25) is 4.79 Å². The molecule has 0 unspecified atom stereocenters. The topological polar surface area (TPSA) is 95.8 Å². The molecule has 0 aliphatic heterocycles. The van der Waals surface area contributed by atoms with Gasteiger partial charge in [0.25, 0.3) is 0 Å². The highest BCUT2D eigenvalue weighted by Gasteiger charge is 2.11. The fraction of sp³-hybridized carbons (Fsp3) is 0.100. The van der Waals surface area contributed by atoms with E-state index < -0.39 is 5.97 Å². The van der Waals surface area contributed by atoms with Gasteiger partial charge in [0.1, 0.15) is 0 Å². The van der Waals surface area contributed by atoms with Crippen LogP contribution in [0.1, 0.15) is 17.3 Å². The minimum absolute atomic E-state index is 0.00315. The third-order valence-electron chi connectivity index (χ3n) is 1.71. The molecule has 0 bridgehead atoms. The van der Waals surface area contributed by atoms with Crippen molar-refractivity contribution in [2.75, 3.05) is 5.32 Å². The number of hydrogen-bond donors (Lipinski definition) is 2. The van der Waals surface area contributed by atoms with Gasteiger partial charge < -0.3 is 10.4 Å². The van der Waals surface area contributed by atoms with Crippen molar-refractivity contribution in [1.29, 1.82) is 0 Å². The second-order valence-corrected chi connectivity index (χ2v) is 2.92. The molecular formula is C10H8N2O4. The van der Waals surface area contributed by atoms with E-state index in [0.717, 1.165) is 0 Å². The molecular weight excluding hydrogens is 212 g/mol. The summed E-state index contributed by atoms with van der Waals surface area (Å²) >= 11 is 0. The summed E-state index contributed by atoms with van der Waals surface area (Å²) in [6.07, 6.45) is 1.26. The van der Waals surface area contributed by atoms with Crippen LogP contribution in [0, 0.1) is 0 Å². The SMILES string of the molecule is CC(=O)Nc1ccc(N=C=O)c(C(=O)O)c1. The van der Waals surface area contributed by atoms with E-state index in [1.54, 1.807) is 0 Å². The molecule has 0 spiro atoms. The average molecular weight is 220 g/mol. The lowest BCUT2D eigenvalue weighted by Gasteiger charge is -2.04. The third kappa shape index (κ3) is 2.76. The molecule has 0 atom stereocenters. The summed E-state index contributed by atoms with van der Waals surface area (Å²) in [6.45, 7) is 1.30. The summed E-state index contributed by atoms with van der Waals surface area (Å²) in [5.74, 6) is -1.55. The fourth-order valence-corrected chi connectivity index (χ4v) is 1.14. The minimum atomic E-state index is -1.23. The number of benzene rings is 1. The summed E-state index contributed by atoms with van der Waals surface area (Å²) in [4.78, 5) is 34.9. The molecule has 0 saturated carbocycles. The predicted molar refractivity (Wildman–Crippen MR) is 55.5 cm³/mol. The normalized spacial score (nSPS) is 9.06. The molecule has 6 nitrogen and oxygen atoms in total. The largest absolute Gasteiger partial charge is 0.478 e. The van der Waals surface area contributed by atoms with Crippen LogP contribution in [0.3, 0.4) is 0 Å². The quantitative estimate of drug-likeness (QED) is 0.592. The zero-order chi connectivity index (χ0) is 12.1. The highest BCUT2D eigenvalue weighted by atomic mass is 16.4. The smallest absolute Gasteiger partial charge is 0.338 e. The average Bonchev–Trinajstić information content (AvgIpc) is 2.19. The number of carboxylic acid groups (broad SMARTS) is 1. The number of amides is 1. The van der Waals surface area contributed by atoms with Gasteiger partial charge >= 0.3 is 5.97 Å². The van der Waals surface area contributed by atoms with E-state index in [2.05, 4.69) is 10.3 Å². The lowest BCUT2D eigenvalue weighted by Crippen LogP contribution is -2.07. The Hall–Kier alpha value is -2.46. The second-order valence-electron chi connectivity index (χ2n) is 2.92. The van der Waals surface area contributed by atoms with Crippen LogP contribution in [0.25, 0.3) is 0 Å². The molecule has 0 heterocycles. The van der Waals surface area contributed by atoms with E-state index in [1.165, 1.54) is 31.2 Å². The van der Waals surface area contributed by atoms with E-state index in [9.17, 15) is 14.4 Å². The molecule has 1 amide bonds. The number of aliphatic imine (C=N–C) groups is 1.